The van der Waals surface area contributed by atoms with E-state index in [0.29, 0.717) is 18.9 Å². The van der Waals surface area contributed by atoms with Gasteiger partial charge in [0.15, 0.2) is 0 Å². The Labute approximate surface area is 113 Å². The maximum atomic E-state index is 12.0. The van der Waals surface area contributed by atoms with Crippen molar-refractivity contribution in [2.75, 3.05) is 13.2 Å². The topological polar surface area (TPSA) is 66.4 Å². The highest BCUT2D eigenvalue weighted by Crippen LogP contribution is 2.28. The molecule has 1 aliphatic carbocycles. The van der Waals surface area contributed by atoms with Crippen LogP contribution < -0.4 is 4.72 Å². The number of rotatable bonds is 5. The van der Waals surface area contributed by atoms with Gasteiger partial charge in [-0.05, 0) is 43.0 Å². The van der Waals surface area contributed by atoms with Gasteiger partial charge in [0.05, 0.1) is 11.5 Å². The van der Waals surface area contributed by atoms with Crippen LogP contribution >= 0.6 is 0 Å². The van der Waals surface area contributed by atoms with Gasteiger partial charge in [-0.2, -0.15) is 0 Å². The van der Waals surface area contributed by atoms with Crippen LogP contribution in [0.25, 0.3) is 0 Å². The summed E-state index contributed by atoms with van der Waals surface area (Å²) in [6.45, 7) is 0.560. The monoisotopic (exact) mass is 279 g/mol. The molecule has 1 saturated carbocycles. The van der Waals surface area contributed by atoms with Gasteiger partial charge in [0, 0.05) is 18.5 Å². The molecule has 102 valence electrons. The Morgan fingerprint density at radius 3 is 2.53 bits per heavy atom. The zero-order valence-electron chi connectivity index (χ0n) is 10.6. The molecule has 0 spiro atoms. The van der Waals surface area contributed by atoms with Crippen LogP contribution in [0.15, 0.2) is 29.2 Å². The average Bonchev–Trinajstić information content (AvgIpc) is 3.22. The third kappa shape index (κ3) is 4.35. The fraction of sp³-hybridized carbons (Fsp3) is 0.429. The smallest absolute Gasteiger partial charge is 0.240 e. The minimum atomic E-state index is -3.40. The molecule has 0 bridgehead atoms. The van der Waals surface area contributed by atoms with Gasteiger partial charge in [-0.25, -0.2) is 13.1 Å². The number of benzene rings is 1. The van der Waals surface area contributed by atoms with Gasteiger partial charge >= 0.3 is 0 Å². The molecule has 2 rings (SSSR count). The Kier molecular flexibility index (Phi) is 4.59. The van der Waals surface area contributed by atoms with Crippen molar-refractivity contribution in [3.63, 3.8) is 0 Å². The molecular weight excluding hydrogens is 262 g/mol. The highest BCUT2D eigenvalue weighted by atomic mass is 32.2. The van der Waals surface area contributed by atoms with Crippen LogP contribution in [-0.2, 0) is 10.0 Å². The minimum absolute atomic E-state index is 0.0323. The van der Waals surface area contributed by atoms with E-state index < -0.39 is 10.0 Å². The van der Waals surface area contributed by atoms with Crippen molar-refractivity contribution < 1.29 is 13.5 Å². The number of hydrogen-bond acceptors (Lipinski definition) is 3. The van der Waals surface area contributed by atoms with Crippen molar-refractivity contribution in [3.8, 4) is 11.8 Å². The summed E-state index contributed by atoms with van der Waals surface area (Å²) >= 11 is 0. The van der Waals surface area contributed by atoms with E-state index in [1.54, 1.807) is 24.3 Å². The summed E-state index contributed by atoms with van der Waals surface area (Å²) < 4.78 is 26.5. The van der Waals surface area contributed by atoms with Crippen molar-refractivity contribution in [1.82, 2.24) is 4.72 Å². The summed E-state index contributed by atoms with van der Waals surface area (Å²) in [5.74, 6) is 6.16. The molecule has 2 N–H and O–H groups in total. The van der Waals surface area contributed by atoms with E-state index in [2.05, 4.69) is 16.6 Å². The molecule has 1 fully saturated rings. The molecule has 0 saturated heterocycles. The lowest BCUT2D eigenvalue weighted by Crippen LogP contribution is -2.25. The average molecular weight is 279 g/mol. The number of aliphatic hydroxyl groups excluding tert-OH is 1. The Balaban J connectivity index is 2.02. The number of hydrogen-bond donors (Lipinski definition) is 2. The predicted molar refractivity (Wildman–Crippen MR) is 72.9 cm³/mol. The van der Waals surface area contributed by atoms with Gasteiger partial charge in [0.25, 0.3) is 0 Å². The summed E-state index contributed by atoms with van der Waals surface area (Å²) in [7, 11) is -3.40. The van der Waals surface area contributed by atoms with Crippen LogP contribution in [0.4, 0.5) is 0 Å². The van der Waals surface area contributed by atoms with Crippen LogP contribution in [0.1, 0.15) is 24.8 Å². The SMILES string of the molecule is O=S(=O)(NCC1CC1)c1ccc(C#CCCO)cc1. The molecule has 0 aromatic heterocycles. The minimum Gasteiger partial charge on any atom is -0.395 e. The van der Waals surface area contributed by atoms with Crippen LogP contribution in [0.2, 0.25) is 0 Å². The number of sulfonamides is 1. The quantitative estimate of drug-likeness (QED) is 0.793. The summed E-state index contributed by atoms with van der Waals surface area (Å²) in [5, 5.41) is 8.61. The van der Waals surface area contributed by atoms with Gasteiger partial charge in [-0.3, -0.25) is 0 Å². The zero-order valence-corrected chi connectivity index (χ0v) is 11.4. The lowest BCUT2D eigenvalue weighted by Gasteiger charge is -2.05. The van der Waals surface area contributed by atoms with E-state index in [4.69, 9.17) is 5.11 Å². The van der Waals surface area contributed by atoms with E-state index in [1.807, 2.05) is 0 Å². The van der Waals surface area contributed by atoms with Gasteiger partial charge in [-0.15, -0.1) is 0 Å². The second kappa shape index (κ2) is 6.20. The molecule has 19 heavy (non-hydrogen) atoms. The van der Waals surface area contributed by atoms with E-state index in [-0.39, 0.29) is 11.5 Å². The highest BCUT2D eigenvalue weighted by Gasteiger charge is 2.24. The van der Waals surface area contributed by atoms with E-state index in [0.717, 1.165) is 18.4 Å². The Bertz CT molecular complexity index is 577. The molecule has 0 atom stereocenters. The van der Waals surface area contributed by atoms with Crippen LogP contribution in [0, 0.1) is 17.8 Å². The van der Waals surface area contributed by atoms with E-state index in [9.17, 15) is 8.42 Å². The van der Waals surface area contributed by atoms with Crippen molar-refractivity contribution in [1.29, 1.82) is 0 Å². The molecule has 0 heterocycles. The normalized spacial score (nSPS) is 14.8. The molecule has 4 nitrogen and oxygen atoms in total. The van der Waals surface area contributed by atoms with Crippen LogP contribution in [0.5, 0.6) is 0 Å². The van der Waals surface area contributed by atoms with Gasteiger partial charge < -0.3 is 5.11 Å². The molecule has 1 aromatic rings. The lowest BCUT2D eigenvalue weighted by molar-refractivity contribution is 0.305. The van der Waals surface area contributed by atoms with E-state index >= 15 is 0 Å². The number of nitrogens with one attached hydrogen (secondary N) is 1. The van der Waals surface area contributed by atoms with E-state index in [1.165, 1.54) is 0 Å². The molecular formula is C14H17NO3S. The molecule has 1 aromatic carbocycles. The van der Waals surface area contributed by atoms with Crippen molar-refractivity contribution in [2.45, 2.75) is 24.2 Å². The maximum absolute atomic E-state index is 12.0. The van der Waals surface area contributed by atoms with Gasteiger partial charge in [0.2, 0.25) is 10.0 Å². The first-order valence-corrected chi connectivity index (χ1v) is 7.79. The standard InChI is InChI=1S/C14H17NO3S/c16-10-2-1-3-12-6-8-14(9-7-12)19(17,18)15-11-13-4-5-13/h6-9,13,15-16H,2,4-5,10-11H2. The molecule has 0 radical (unpaired) electrons. The Hall–Kier alpha value is -1.35. The molecule has 5 heteroatoms. The number of aliphatic hydroxyl groups is 1. The van der Waals surface area contributed by atoms with Crippen molar-refractivity contribution >= 4 is 10.0 Å². The molecule has 0 aliphatic heterocycles. The largest absolute Gasteiger partial charge is 0.395 e. The summed E-state index contributed by atoms with van der Waals surface area (Å²) in [4.78, 5) is 0.265. The Morgan fingerprint density at radius 1 is 1.26 bits per heavy atom. The first kappa shape index (κ1) is 14.1. The van der Waals surface area contributed by atoms with Crippen molar-refractivity contribution in [2.24, 2.45) is 5.92 Å². The Morgan fingerprint density at radius 2 is 1.95 bits per heavy atom. The van der Waals surface area contributed by atoms with Crippen LogP contribution in [-0.4, -0.2) is 26.7 Å². The maximum Gasteiger partial charge on any atom is 0.240 e. The second-order valence-electron chi connectivity index (χ2n) is 4.60. The second-order valence-corrected chi connectivity index (χ2v) is 6.36. The first-order valence-electron chi connectivity index (χ1n) is 6.31. The lowest BCUT2D eigenvalue weighted by atomic mass is 10.2. The first-order chi connectivity index (χ1) is 9.12. The highest BCUT2D eigenvalue weighted by molar-refractivity contribution is 7.89. The van der Waals surface area contributed by atoms with Crippen LogP contribution in [0.3, 0.4) is 0 Å². The predicted octanol–water partition coefficient (Wildman–Crippen LogP) is 1.11. The summed E-state index contributed by atoms with van der Waals surface area (Å²) in [5.41, 5.74) is 0.745. The third-order valence-corrected chi connectivity index (χ3v) is 4.33. The van der Waals surface area contributed by atoms with Gasteiger partial charge in [0.1, 0.15) is 0 Å². The summed E-state index contributed by atoms with van der Waals surface area (Å²) in [6, 6.07) is 6.46. The molecule has 0 amide bonds. The molecule has 0 unspecified atom stereocenters. The zero-order chi connectivity index (χ0) is 13.7. The fourth-order valence-corrected chi connectivity index (χ4v) is 2.69. The molecule has 1 aliphatic rings. The third-order valence-electron chi connectivity index (χ3n) is 2.89. The van der Waals surface area contributed by atoms with Crippen molar-refractivity contribution in [3.05, 3.63) is 29.8 Å². The summed E-state index contributed by atoms with van der Waals surface area (Å²) in [6.07, 6.45) is 2.65. The van der Waals surface area contributed by atoms with Gasteiger partial charge in [-0.1, -0.05) is 11.8 Å². The fourth-order valence-electron chi connectivity index (χ4n) is 1.57.